The molecule has 0 heterocycles. The fourth-order valence-corrected chi connectivity index (χ4v) is 3.25. The zero-order valence-corrected chi connectivity index (χ0v) is 23.4. The molecule has 4 aromatic carbocycles. The maximum atomic E-state index is 2.31. The summed E-state index contributed by atoms with van der Waals surface area (Å²) in [6, 6.07) is 19.7. The van der Waals surface area contributed by atoms with Gasteiger partial charge in [0.1, 0.15) is 0 Å². The van der Waals surface area contributed by atoms with Gasteiger partial charge in [-0.15, -0.1) is 28.5 Å². The van der Waals surface area contributed by atoms with Gasteiger partial charge >= 0.3 is 41.9 Å². The molecule has 0 aliphatic rings. The topological polar surface area (TPSA) is 0 Å². The van der Waals surface area contributed by atoms with Gasteiger partial charge in [0.15, 0.2) is 0 Å². The number of rotatable bonds is 0. The van der Waals surface area contributed by atoms with E-state index in [1.165, 1.54) is 49.4 Å². The Kier molecular flexibility index (Phi) is 12.6. The van der Waals surface area contributed by atoms with E-state index >= 15 is 0 Å². The second-order valence-electron chi connectivity index (χ2n) is 7.58. The van der Waals surface area contributed by atoms with Gasteiger partial charge in [0, 0.05) is 0 Å². The molecule has 0 fully saturated rings. The van der Waals surface area contributed by atoms with Crippen molar-refractivity contribution in [2.45, 2.75) is 47.7 Å². The molecule has 0 atom stereocenters. The van der Waals surface area contributed by atoms with Gasteiger partial charge in [-0.3, -0.25) is 0 Å². The van der Waals surface area contributed by atoms with Crippen molar-refractivity contribution in [1.29, 1.82) is 0 Å². The first-order valence-electron chi connectivity index (χ1n) is 9.47. The Morgan fingerprint density at radius 3 is 1.93 bits per heavy atom. The van der Waals surface area contributed by atoms with Crippen molar-refractivity contribution in [3.05, 3.63) is 82.4 Å². The second kappa shape index (κ2) is 12.9. The summed E-state index contributed by atoms with van der Waals surface area (Å²) in [6.07, 6.45) is 0. The first-order chi connectivity index (χ1) is 12.7. The molecule has 0 radical (unpaired) electrons. The van der Waals surface area contributed by atoms with Crippen molar-refractivity contribution < 1.29 is 48.1 Å². The first-order valence-corrected chi connectivity index (χ1v) is 15.7. The summed E-state index contributed by atoms with van der Waals surface area (Å²) in [7, 11) is 0. The van der Waals surface area contributed by atoms with E-state index < -0.39 is 0 Å². The predicted molar refractivity (Wildman–Crippen MR) is 120 cm³/mol. The molecule has 0 unspecified atom stereocenters. The van der Waals surface area contributed by atoms with Gasteiger partial charge in [0.2, 0.25) is 0 Å². The van der Waals surface area contributed by atoms with E-state index in [4.69, 9.17) is 0 Å². The fraction of sp³-hybridized carbons (Fsp3) is 0.280. The normalized spacial score (nSPS) is 9.55. The quantitative estimate of drug-likeness (QED) is 0.243. The van der Waals surface area contributed by atoms with Crippen molar-refractivity contribution in [1.82, 2.24) is 0 Å². The van der Waals surface area contributed by atoms with E-state index in [0.29, 0.717) is 0 Å². The number of halogens is 2. The largest absolute Gasteiger partial charge is 1.00 e. The van der Waals surface area contributed by atoms with E-state index in [1.54, 1.807) is 23.3 Å². The molecule has 0 aromatic heterocycles. The maximum absolute atomic E-state index is 2.31. The molecule has 0 nitrogen and oxygen atoms in total. The van der Waals surface area contributed by atoms with Crippen LogP contribution in [0.3, 0.4) is 0 Å². The maximum Gasteiger partial charge on any atom is -0.0579 e. The van der Waals surface area contributed by atoms with Crippen molar-refractivity contribution in [3.8, 4) is 0 Å². The molecule has 4 aromatic rings. The summed E-state index contributed by atoms with van der Waals surface area (Å²) in [6.45, 7) is 15.4. The zero-order chi connectivity index (χ0) is 20.1. The van der Waals surface area contributed by atoms with Crippen LogP contribution in [0.4, 0.5) is 0 Å². The Morgan fingerprint density at radius 1 is 0.897 bits per heavy atom. The smallest absolute Gasteiger partial charge is 0.0579 e. The molecule has 0 amide bonds. The Bertz CT molecular complexity index is 1050. The standard InChI is InChI=1S/C14H11.C9H13.C2H6Si.2ClH.Zr/c1-10-8-12-7-6-11-4-2-3-5-13(11)14(12)9-10;1-6-5-7(2)9(4)8(6)3;1-3-2;;;/h2-9H,1H3;5H,1-4H3;1-2H3;2*1H;/q2*-1;;;;+2/p-2. The second-order valence-corrected chi connectivity index (χ2v) is 17.0. The van der Waals surface area contributed by atoms with Crippen LogP contribution in [0.1, 0.15) is 27.8 Å². The Labute approximate surface area is 204 Å². The van der Waals surface area contributed by atoms with Crippen molar-refractivity contribution >= 4 is 27.0 Å². The molecular formula is C25H30Cl2SiZr-2. The summed E-state index contributed by atoms with van der Waals surface area (Å²) in [5, 5.41) is 5.41. The number of benzene rings is 2. The minimum Gasteiger partial charge on any atom is -1.00 e. The van der Waals surface area contributed by atoms with Gasteiger partial charge in [-0.25, -0.2) is 0 Å². The zero-order valence-electron chi connectivity index (χ0n) is 18.5. The number of hydrogen-bond acceptors (Lipinski definition) is 0. The molecule has 0 saturated heterocycles. The van der Waals surface area contributed by atoms with Crippen LogP contribution >= 0.6 is 0 Å². The van der Waals surface area contributed by atoms with Gasteiger partial charge in [-0.1, -0.05) is 75.7 Å². The van der Waals surface area contributed by atoms with E-state index in [0.717, 1.165) is 0 Å². The van der Waals surface area contributed by atoms with Crippen LogP contribution in [0.2, 0.25) is 13.1 Å². The molecule has 29 heavy (non-hydrogen) atoms. The third kappa shape index (κ3) is 7.83. The summed E-state index contributed by atoms with van der Waals surface area (Å²) < 4.78 is 0. The molecule has 0 aliphatic heterocycles. The van der Waals surface area contributed by atoms with E-state index in [2.05, 4.69) is 102 Å². The van der Waals surface area contributed by atoms with Crippen LogP contribution in [-0.2, 0) is 23.3 Å². The van der Waals surface area contributed by atoms with Crippen molar-refractivity contribution in [2.75, 3.05) is 0 Å². The molecule has 0 bridgehead atoms. The minimum absolute atomic E-state index is 0. The SMILES string of the molecule is C[Si](C)=[Zr+2].Cc1c[c-](C)c(C)c1C.Cc1cc2ccc3ccccc3c2[cH-]1.[Cl-].[Cl-]. The average Bonchev–Trinajstić information content (AvgIpc) is 3.10. The van der Waals surface area contributed by atoms with E-state index in [-0.39, 0.29) is 30.2 Å². The molecular weight excluding hydrogens is 490 g/mol. The van der Waals surface area contributed by atoms with Crippen LogP contribution in [-0.4, -0.2) is 5.43 Å². The van der Waals surface area contributed by atoms with Gasteiger partial charge in [-0.05, 0) is 0 Å². The average molecular weight is 521 g/mol. The van der Waals surface area contributed by atoms with Crippen LogP contribution in [0.5, 0.6) is 0 Å². The molecule has 0 N–H and O–H groups in total. The van der Waals surface area contributed by atoms with E-state index in [9.17, 15) is 0 Å². The number of hydrogen-bond donors (Lipinski definition) is 0. The molecule has 4 rings (SSSR count). The first kappa shape index (κ1) is 28.3. The molecule has 4 heteroatoms. The minimum atomic E-state index is 0. The van der Waals surface area contributed by atoms with Crippen LogP contribution in [0, 0.1) is 34.6 Å². The number of aryl methyl sites for hydroxylation is 3. The fourth-order valence-electron chi connectivity index (χ4n) is 3.25. The van der Waals surface area contributed by atoms with Crippen LogP contribution in [0.15, 0.2) is 54.6 Å². The monoisotopic (exact) mass is 518 g/mol. The van der Waals surface area contributed by atoms with Crippen molar-refractivity contribution in [2.24, 2.45) is 0 Å². The molecule has 0 saturated carbocycles. The summed E-state index contributed by atoms with van der Waals surface area (Å²) in [5.74, 6) is 0. The van der Waals surface area contributed by atoms with Crippen LogP contribution in [0.25, 0.3) is 21.5 Å². The van der Waals surface area contributed by atoms with Gasteiger partial charge in [0.05, 0.1) is 0 Å². The van der Waals surface area contributed by atoms with Crippen LogP contribution < -0.4 is 24.8 Å². The van der Waals surface area contributed by atoms with E-state index in [1.807, 2.05) is 0 Å². The number of fused-ring (bicyclic) bond motifs is 3. The third-order valence-electron chi connectivity index (χ3n) is 4.94. The third-order valence-corrected chi connectivity index (χ3v) is 4.94. The van der Waals surface area contributed by atoms with Gasteiger partial charge < -0.3 is 24.8 Å². The Balaban J connectivity index is 0.000000458. The van der Waals surface area contributed by atoms with Crippen molar-refractivity contribution in [3.63, 3.8) is 0 Å². The predicted octanol–water partition coefficient (Wildman–Crippen LogP) is 1.45. The molecule has 0 aliphatic carbocycles. The summed E-state index contributed by atoms with van der Waals surface area (Å²) in [5.41, 5.74) is 7.30. The molecule has 0 spiro atoms. The Morgan fingerprint density at radius 2 is 1.45 bits per heavy atom. The molecule has 154 valence electrons. The summed E-state index contributed by atoms with van der Waals surface area (Å²) in [4.78, 5) is 0. The summed E-state index contributed by atoms with van der Waals surface area (Å²) >= 11 is 1.74. The van der Waals surface area contributed by atoms with Gasteiger partial charge in [0.25, 0.3) is 0 Å². The Hall–Kier alpha value is -0.660. The van der Waals surface area contributed by atoms with Gasteiger partial charge in [-0.2, -0.15) is 34.4 Å².